The third-order valence-electron chi connectivity index (χ3n) is 12.6. The summed E-state index contributed by atoms with van der Waals surface area (Å²) in [5.74, 6) is 0.914. The van der Waals surface area contributed by atoms with Crippen LogP contribution in [0, 0.1) is 0 Å². The number of anilines is 3. The van der Waals surface area contributed by atoms with Crippen molar-refractivity contribution in [3.8, 4) is 55.8 Å². The van der Waals surface area contributed by atoms with Crippen LogP contribution in [0.1, 0.15) is 26.3 Å². The van der Waals surface area contributed by atoms with E-state index < -0.39 is 0 Å². The zero-order chi connectivity index (χ0) is 43.2. The van der Waals surface area contributed by atoms with Crippen LogP contribution in [0.15, 0.2) is 235 Å². The van der Waals surface area contributed by atoms with Gasteiger partial charge in [-0.05, 0) is 120 Å². The minimum atomic E-state index is -0.131. The molecule has 306 valence electrons. The number of hydrogen-bond acceptors (Lipinski definition) is 2. The van der Waals surface area contributed by atoms with Gasteiger partial charge in [-0.1, -0.05) is 203 Å². The summed E-state index contributed by atoms with van der Waals surface area (Å²) in [6, 6.07) is 83.3. The van der Waals surface area contributed by atoms with Crippen LogP contribution in [0.5, 0.6) is 0 Å². The molecule has 0 saturated heterocycles. The Hall–Kier alpha value is -7.94. The summed E-state index contributed by atoms with van der Waals surface area (Å²) in [5.41, 5.74) is 15.8. The van der Waals surface area contributed by atoms with Gasteiger partial charge >= 0.3 is 0 Å². The van der Waals surface area contributed by atoms with E-state index in [0.717, 1.165) is 44.9 Å². The number of hydrogen-bond donors (Lipinski definition) is 0. The van der Waals surface area contributed by atoms with E-state index >= 15 is 0 Å². The fraction of sp³-hybridized carbons (Fsp3) is 0.0645. The van der Waals surface area contributed by atoms with E-state index in [4.69, 9.17) is 4.42 Å². The second kappa shape index (κ2) is 16.1. The lowest BCUT2D eigenvalue weighted by molar-refractivity contribution is 0.568. The molecule has 11 rings (SSSR count). The molecular formula is C62H47NO. The molecule has 2 nitrogen and oxygen atoms in total. The van der Waals surface area contributed by atoms with Crippen molar-refractivity contribution in [1.82, 2.24) is 0 Å². The summed E-state index contributed by atoms with van der Waals surface area (Å²) in [7, 11) is 0. The molecule has 1 aromatic heterocycles. The molecule has 0 fully saturated rings. The van der Waals surface area contributed by atoms with E-state index in [2.05, 4.69) is 256 Å². The quantitative estimate of drug-likeness (QED) is 0.142. The Labute approximate surface area is 375 Å². The third kappa shape index (κ3) is 7.04. The summed E-state index contributed by atoms with van der Waals surface area (Å²) in [6.07, 6.45) is 0. The molecule has 10 aromatic carbocycles. The van der Waals surface area contributed by atoms with Crippen LogP contribution >= 0.6 is 0 Å². The fourth-order valence-corrected chi connectivity index (χ4v) is 9.66. The zero-order valence-electron chi connectivity index (χ0n) is 36.3. The maximum atomic E-state index is 6.72. The number of rotatable bonds is 8. The first-order valence-electron chi connectivity index (χ1n) is 22.2. The molecule has 0 N–H and O–H groups in total. The van der Waals surface area contributed by atoms with Crippen molar-refractivity contribution >= 4 is 49.6 Å². The average molecular weight is 822 g/mol. The maximum Gasteiger partial charge on any atom is 0.139 e. The van der Waals surface area contributed by atoms with Crippen LogP contribution in [0.25, 0.3) is 88.3 Å². The highest BCUT2D eigenvalue weighted by molar-refractivity contribution is 6.13. The van der Waals surface area contributed by atoms with Crippen molar-refractivity contribution in [2.45, 2.75) is 26.2 Å². The lowest BCUT2D eigenvalue weighted by Crippen LogP contribution is -2.12. The minimum Gasteiger partial charge on any atom is -0.456 e. The second-order valence-electron chi connectivity index (χ2n) is 17.7. The van der Waals surface area contributed by atoms with Gasteiger partial charge in [-0.15, -0.1) is 0 Å². The highest BCUT2D eigenvalue weighted by atomic mass is 16.3. The predicted molar refractivity (Wildman–Crippen MR) is 272 cm³/mol. The van der Waals surface area contributed by atoms with Gasteiger partial charge in [0.1, 0.15) is 11.3 Å². The fourth-order valence-electron chi connectivity index (χ4n) is 9.66. The predicted octanol–water partition coefficient (Wildman–Crippen LogP) is 17.8. The number of furan rings is 1. The van der Waals surface area contributed by atoms with Crippen molar-refractivity contribution in [2.24, 2.45) is 0 Å². The van der Waals surface area contributed by atoms with E-state index in [9.17, 15) is 0 Å². The molecule has 0 saturated carbocycles. The lowest BCUT2D eigenvalue weighted by atomic mass is 9.83. The van der Waals surface area contributed by atoms with E-state index in [0.29, 0.717) is 0 Å². The first-order valence-corrected chi connectivity index (χ1v) is 22.2. The summed E-state index contributed by atoms with van der Waals surface area (Å²) in [5, 5.41) is 6.19. The maximum absolute atomic E-state index is 6.72. The first kappa shape index (κ1) is 38.9. The second-order valence-corrected chi connectivity index (χ2v) is 17.7. The minimum absolute atomic E-state index is 0.131. The van der Waals surface area contributed by atoms with Crippen LogP contribution in [0.2, 0.25) is 0 Å². The summed E-state index contributed by atoms with van der Waals surface area (Å²) < 4.78 is 6.72. The van der Waals surface area contributed by atoms with Gasteiger partial charge in [0.05, 0.1) is 0 Å². The number of para-hydroxylation sites is 1. The van der Waals surface area contributed by atoms with Gasteiger partial charge in [-0.2, -0.15) is 0 Å². The SMILES string of the molecule is CC(C)(C)c1c(-c2cccc(N(c3ccc(-c4ccccc4-c4ccccc4-c4ccccc4)cc3)c3ccc(-c4cc5ccccc5c5ccccc45)cc3)c2)oc2ccccc12. The largest absolute Gasteiger partial charge is 0.456 e. The molecule has 0 bridgehead atoms. The van der Waals surface area contributed by atoms with E-state index in [1.54, 1.807) is 0 Å². The number of fused-ring (bicyclic) bond motifs is 4. The van der Waals surface area contributed by atoms with Gasteiger partial charge in [0, 0.05) is 33.6 Å². The van der Waals surface area contributed by atoms with Crippen molar-refractivity contribution in [2.75, 3.05) is 4.90 Å². The molecule has 0 unspecified atom stereocenters. The van der Waals surface area contributed by atoms with Crippen molar-refractivity contribution in [3.05, 3.63) is 236 Å². The van der Waals surface area contributed by atoms with Crippen LogP contribution in [0.3, 0.4) is 0 Å². The van der Waals surface area contributed by atoms with Crippen LogP contribution in [0.4, 0.5) is 17.1 Å². The van der Waals surface area contributed by atoms with Gasteiger partial charge in [0.2, 0.25) is 0 Å². The smallest absolute Gasteiger partial charge is 0.139 e. The summed E-state index contributed by atoms with van der Waals surface area (Å²) >= 11 is 0. The Bertz CT molecular complexity index is 3460. The van der Waals surface area contributed by atoms with Gasteiger partial charge in [0.15, 0.2) is 0 Å². The van der Waals surface area contributed by atoms with Crippen molar-refractivity contribution in [3.63, 3.8) is 0 Å². The molecule has 0 atom stereocenters. The standard InChI is InChI=1S/C62H47NO/c1-62(2,3)60-57-30-15-16-31-59(57)64-61(60)46-21-17-22-49(40-46)63(48-38-34-44(35-39-48)58-41-45-20-7-8-25-52(45)55-28-13-14-29-56(55)58)47-36-32-43(33-37-47)51-24-10-12-27-54(51)53-26-11-9-23-50(53)42-18-5-4-6-19-42/h4-41H,1-3H3. The zero-order valence-corrected chi connectivity index (χ0v) is 36.3. The Morgan fingerprint density at radius 2 is 0.812 bits per heavy atom. The first-order chi connectivity index (χ1) is 31.4. The van der Waals surface area contributed by atoms with E-state index in [1.807, 2.05) is 0 Å². The molecule has 2 heteroatoms. The average Bonchev–Trinajstić information content (AvgIpc) is 3.76. The molecule has 11 aromatic rings. The molecule has 0 aliphatic carbocycles. The highest BCUT2D eigenvalue weighted by Gasteiger charge is 2.27. The molecule has 1 heterocycles. The van der Waals surface area contributed by atoms with Crippen LogP contribution in [-0.4, -0.2) is 0 Å². The Morgan fingerprint density at radius 3 is 1.45 bits per heavy atom. The molecule has 0 spiro atoms. The van der Waals surface area contributed by atoms with Gasteiger partial charge in [-0.3, -0.25) is 0 Å². The summed E-state index contributed by atoms with van der Waals surface area (Å²) in [4.78, 5) is 2.37. The van der Waals surface area contributed by atoms with E-state index in [-0.39, 0.29) is 5.41 Å². The molecular weight excluding hydrogens is 775 g/mol. The lowest BCUT2D eigenvalue weighted by Gasteiger charge is -2.27. The number of nitrogens with zero attached hydrogens (tertiary/aromatic N) is 1. The van der Waals surface area contributed by atoms with Crippen molar-refractivity contribution < 1.29 is 4.42 Å². The normalized spacial score (nSPS) is 11.7. The Morgan fingerprint density at radius 1 is 0.328 bits per heavy atom. The monoisotopic (exact) mass is 821 g/mol. The van der Waals surface area contributed by atoms with Crippen molar-refractivity contribution in [1.29, 1.82) is 0 Å². The third-order valence-corrected chi connectivity index (χ3v) is 12.6. The summed E-state index contributed by atoms with van der Waals surface area (Å²) in [6.45, 7) is 6.80. The molecule has 0 radical (unpaired) electrons. The van der Waals surface area contributed by atoms with E-state index in [1.165, 1.54) is 66.1 Å². The molecule has 0 aliphatic heterocycles. The molecule has 0 aliphatic rings. The van der Waals surface area contributed by atoms with Gasteiger partial charge < -0.3 is 9.32 Å². The highest BCUT2D eigenvalue weighted by Crippen LogP contribution is 2.45. The Balaban J connectivity index is 1.04. The molecule has 64 heavy (non-hydrogen) atoms. The Kier molecular flexibility index (Phi) is 9.78. The van der Waals surface area contributed by atoms with Gasteiger partial charge in [0.25, 0.3) is 0 Å². The molecule has 0 amide bonds. The topological polar surface area (TPSA) is 16.4 Å². The number of benzene rings is 10. The van der Waals surface area contributed by atoms with Crippen LogP contribution < -0.4 is 4.90 Å². The van der Waals surface area contributed by atoms with Gasteiger partial charge in [-0.25, -0.2) is 0 Å². The van der Waals surface area contributed by atoms with Crippen LogP contribution in [-0.2, 0) is 5.41 Å².